The molecule has 2 heterocycles. The molecule has 2 aliphatic heterocycles. The summed E-state index contributed by atoms with van der Waals surface area (Å²) >= 11 is 0. The number of carbonyl (C=O) groups is 2. The zero-order valence-electron chi connectivity index (χ0n) is 28.8. The zero-order valence-corrected chi connectivity index (χ0v) is 28.8. The predicted molar refractivity (Wildman–Crippen MR) is 178 cm³/mol. The molecule has 0 atom stereocenters. The number of aliphatic hydroxyl groups excluding tert-OH is 1. The number of nitro benzene ring substituents is 1. The van der Waals surface area contributed by atoms with Gasteiger partial charge in [-0.3, -0.25) is 10.1 Å². The van der Waals surface area contributed by atoms with Crippen molar-refractivity contribution in [2.45, 2.75) is 90.6 Å². The minimum atomic E-state index is -0.747. The zero-order chi connectivity index (χ0) is 36.9. The van der Waals surface area contributed by atoms with Gasteiger partial charge < -0.3 is 34.9 Å². The number of piperidine rings is 2. The minimum Gasteiger partial charge on any atom is -0.489 e. The molecule has 0 spiro atoms. The lowest BCUT2D eigenvalue weighted by atomic mass is 10.1. The average Bonchev–Trinajstić information content (AvgIpc) is 3.01. The molecule has 0 saturated carbocycles. The van der Waals surface area contributed by atoms with Crippen LogP contribution in [0.5, 0.6) is 5.75 Å². The molecule has 14 nitrogen and oxygen atoms in total. The van der Waals surface area contributed by atoms with E-state index in [2.05, 4.69) is 6.07 Å². The van der Waals surface area contributed by atoms with Gasteiger partial charge in [0.2, 0.25) is 0 Å². The van der Waals surface area contributed by atoms with Gasteiger partial charge >= 0.3 is 12.2 Å². The number of nitrogens with zero attached hydrogens (tertiary/aromatic N) is 5. The number of anilines is 1. The molecule has 0 radical (unpaired) electrons. The molecule has 15 heteroatoms. The van der Waals surface area contributed by atoms with Crippen molar-refractivity contribution in [3.8, 4) is 17.9 Å². The van der Waals surface area contributed by atoms with E-state index in [0.29, 0.717) is 68.9 Å². The second kappa shape index (κ2) is 17.8. The molecule has 2 aliphatic rings. The number of aliphatic hydroxyl groups is 1. The van der Waals surface area contributed by atoms with E-state index in [1.165, 1.54) is 6.07 Å². The molecule has 2 fully saturated rings. The number of carbonyl (C=O) groups excluding carboxylic acids is 2. The second-order valence-electron chi connectivity index (χ2n) is 13.4. The summed E-state index contributed by atoms with van der Waals surface area (Å²) in [6, 6.07) is 11.4. The van der Waals surface area contributed by atoms with E-state index in [4.69, 9.17) is 30.5 Å². The fourth-order valence-corrected chi connectivity index (χ4v) is 4.49. The molecule has 49 heavy (non-hydrogen) atoms. The Labute approximate surface area is 285 Å². The molecule has 0 bridgehead atoms. The maximum absolute atomic E-state index is 12.6. The number of benzene rings is 2. The number of halogens is 1. The summed E-state index contributed by atoms with van der Waals surface area (Å²) in [5, 5.41) is 36.9. The SMILES string of the molecule is CC(C)(C)OC(=O)N1CCC(O)CC1.CC(C)(C)OC(=O)N1CCC(Oc2ccc(N)cc2C#N)CC1.N#Cc1cc([N+](=O)[O-])ccc1F. The highest BCUT2D eigenvalue weighted by molar-refractivity contribution is 5.68. The molecular formula is C34H45FN6O8. The number of likely N-dealkylation sites (tertiary alicyclic amines) is 2. The Morgan fingerprint density at radius 3 is 1.82 bits per heavy atom. The molecule has 2 aromatic rings. The molecule has 2 amide bonds. The van der Waals surface area contributed by atoms with Gasteiger partial charge in [-0.15, -0.1) is 0 Å². The normalized spacial score (nSPS) is 15.2. The van der Waals surface area contributed by atoms with Crippen molar-refractivity contribution >= 4 is 23.6 Å². The van der Waals surface area contributed by atoms with Crippen molar-refractivity contribution in [1.29, 1.82) is 10.5 Å². The molecular weight excluding hydrogens is 639 g/mol. The van der Waals surface area contributed by atoms with Gasteiger partial charge in [0.15, 0.2) is 0 Å². The lowest BCUT2D eigenvalue weighted by Crippen LogP contribution is -2.44. The summed E-state index contributed by atoms with van der Waals surface area (Å²) in [5.41, 5.74) is 5.11. The highest BCUT2D eigenvalue weighted by atomic mass is 19.1. The number of non-ortho nitro benzene ring substituents is 1. The molecule has 266 valence electrons. The largest absolute Gasteiger partial charge is 0.489 e. The minimum absolute atomic E-state index is 0.0237. The Hall–Kier alpha value is -5.15. The number of nitrogens with two attached hydrogens (primary N) is 1. The van der Waals surface area contributed by atoms with Crippen LogP contribution in [0.4, 0.5) is 25.4 Å². The van der Waals surface area contributed by atoms with Crippen LogP contribution in [0.3, 0.4) is 0 Å². The van der Waals surface area contributed by atoms with Gasteiger partial charge in [-0.1, -0.05) is 0 Å². The van der Waals surface area contributed by atoms with Gasteiger partial charge in [-0.2, -0.15) is 10.5 Å². The Morgan fingerprint density at radius 1 is 0.878 bits per heavy atom. The van der Waals surface area contributed by atoms with Crippen molar-refractivity contribution in [2.75, 3.05) is 31.9 Å². The first-order valence-corrected chi connectivity index (χ1v) is 15.8. The van der Waals surface area contributed by atoms with Crippen LogP contribution >= 0.6 is 0 Å². The van der Waals surface area contributed by atoms with Crippen molar-refractivity contribution in [3.05, 3.63) is 63.5 Å². The van der Waals surface area contributed by atoms with Crippen LogP contribution in [-0.2, 0) is 9.47 Å². The maximum Gasteiger partial charge on any atom is 0.410 e. The molecule has 0 unspecified atom stereocenters. The molecule has 4 rings (SSSR count). The van der Waals surface area contributed by atoms with E-state index in [-0.39, 0.29) is 35.6 Å². The summed E-state index contributed by atoms with van der Waals surface area (Å²) in [6.07, 6.45) is 1.87. The number of hydrogen-bond donors (Lipinski definition) is 2. The molecule has 2 saturated heterocycles. The van der Waals surface area contributed by atoms with E-state index in [0.717, 1.165) is 18.2 Å². The molecule has 3 N–H and O–H groups in total. The lowest BCUT2D eigenvalue weighted by Gasteiger charge is -2.33. The second-order valence-corrected chi connectivity index (χ2v) is 13.4. The maximum atomic E-state index is 12.6. The third-order valence-electron chi connectivity index (χ3n) is 6.91. The van der Waals surface area contributed by atoms with Crippen molar-refractivity contribution in [2.24, 2.45) is 0 Å². The van der Waals surface area contributed by atoms with Gasteiger partial charge in [-0.25, -0.2) is 14.0 Å². The number of nitro groups is 1. The standard InChI is InChI=1S/C17H23N3O3.C10H19NO3.C7H3FN2O2/c1-17(2,3)23-16(21)20-8-6-14(7-9-20)22-15-5-4-13(19)10-12(15)11-18;1-10(2,3)14-9(13)11-6-4-8(12)5-7-11;8-7-2-1-6(10(11)12)3-5(7)4-9/h4-5,10,14H,6-9,19H2,1-3H3;8,12H,4-7H2,1-3H3;1-3H. The average molecular weight is 685 g/mol. The molecule has 0 aromatic heterocycles. The number of nitrogen functional groups attached to an aromatic ring is 1. The van der Waals surface area contributed by atoms with E-state index in [9.17, 15) is 29.2 Å². The summed E-state index contributed by atoms with van der Waals surface area (Å²) < 4.78 is 29.1. The summed E-state index contributed by atoms with van der Waals surface area (Å²) in [7, 11) is 0. The Bertz CT molecular complexity index is 1530. The fraction of sp³-hybridized carbons (Fsp3) is 0.529. The summed E-state index contributed by atoms with van der Waals surface area (Å²) in [5.74, 6) is -0.208. The summed E-state index contributed by atoms with van der Waals surface area (Å²) in [4.78, 5) is 36.4. The Morgan fingerprint density at radius 2 is 1.37 bits per heavy atom. The van der Waals surface area contributed by atoms with Gasteiger partial charge in [-0.05, 0) is 78.6 Å². The third-order valence-corrected chi connectivity index (χ3v) is 6.91. The first-order valence-electron chi connectivity index (χ1n) is 15.8. The van der Waals surface area contributed by atoms with E-state index in [1.54, 1.807) is 28.0 Å². The van der Waals surface area contributed by atoms with E-state index < -0.39 is 21.9 Å². The van der Waals surface area contributed by atoms with Gasteiger partial charge in [0.1, 0.15) is 41.0 Å². The number of rotatable bonds is 3. The molecule has 2 aromatic carbocycles. The molecule has 0 aliphatic carbocycles. The first kappa shape index (κ1) is 40.0. The monoisotopic (exact) mass is 684 g/mol. The summed E-state index contributed by atoms with van der Waals surface area (Å²) in [6.45, 7) is 13.5. The van der Waals surface area contributed by atoms with Crippen LogP contribution in [0.2, 0.25) is 0 Å². The van der Waals surface area contributed by atoms with Crippen molar-refractivity contribution in [1.82, 2.24) is 9.80 Å². The van der Waals surface area contributed by atoms with Crippen LogP contribution in [0.15, 0.2) is 36.4 Å². The van der Waals surface area contributed by atoms with Gasteiger partial charge in [0.05, 0.1) is 22.2 Å². The number of amides is 2. The Balaban J connectivity index is 0.000000275. The van der Waals surface area contributed by atoms with Gasteiger partial charge in [0, 0.05) is 56.8 Å². The number of hydrogen-bond acceptors (Lipinski definition) is 11. The topological polar surface area (TPSA) is 205 Å². The number of ether oxygens (including phenoxy) is 3. The first-order chi connectivity index (χ1) is 22.8. The predicted octanol–water partition coefficient (Wildman–Crippen LogP) is 5.90. The van der Waals surface area contributed by atoms with Crippen LogP contribution in [0.1, 0.15) is 78.4 Å². The van der Waals surface area contributed by atoms with Crippen LogP contribution in [-0.4, -0.2) is 81.6 Å². The lowest BCUT2D eigenvalue weighted by molar-refractivity contribution is -0.384. The van der Waals surface area contributed by atoms with Crippen LogP contribution < -0.4 is 10.5 Å². The van der Waals surface area contributed by atoms with E-state index >= 15 is 0 Å². The fourth-order valence-electron chi connectivity index (χ4n) is 4.49. The highest BCUT2D eigenvalue weighted by Gasteiger charge is 2.28. The quantitative estimate of drug-likeness (QED) is 0.221. The van der Waals surface area contributed by atoms with Crippen LogP contribution in [0, 0.1) is 38.6 Å². The van der Waals surface area contributed by atoms with Crippen LogP contribution in [0.25, 0.3) is 0 Å². The Kier molecular flexibility index (Phi) is 14.6. The van der Waals surface area contributed by atoms with Crippen molar-refractivity contribution in [3.63, 3.8) is 0 Å². The van der Waals surface area contributed by atoms with Crippen molar-refractivity contribution < 1.29 is 38.2 Å². The van der Waals surface area contributed by atoms with E-state index in [1.807, 2.05) is 41.5 Å². The van der Waals surface area contributed by atoms with Gasteiger partial charge in [0.25, 0.3) is 5.69 Å². The number of nitriles is 2. The smallest absolute Gasteiger partial charge is 0.410 e. The third kappa shape index (κ3) is 14.2. The highest BCUT2D eigenvalue weighted by Crippen LogP contribution is 2.25.